The molecule has 2 aromatic heterocycles. The molecule has 1 fully saturated rings. The van der Waals surface area contributed by atoms with E-state index in [0.717, 1.165) is 70.7 Å². The molecule has 8 heteroatoms. The van der Waals surface area contributed by atoms with Crippen LogP contribution in [-0.4, -0.2) is 58.1 Å². The second-order valence-corrected chi connectivity index (χ2v) is 9.08. The smallest absolute Gasteiger partial charge is 0.227 e. The number of nitrogens with one attached hydrogen (secondary N) is 2. The van der Waals surface area contributed by atoms with E-state index >= 15 is 0 Å². The van der Waals surface area contributed by atoms with Crippen molar-refractivity contribution in [3.63, 3.8) is 0 Å². The standard InChI is InChI=1S/C24H27N7S/c1-15-4-5-19-21(10-15)27-22(32)11-17-13-26-24(29-23(17)19)28-20-12-18(14-25-16(20)2)31-8-6-30(3)7-9-31/h4-5,10,12-14H,6-9,11H2,1-3H3,(H,27,32)(H,26,28,29). The Morgan fingerprint density at radius 1 is 1.03 bits per heavy atom. The van der Waals surface area contributed by atoms with Gasteiger partial charge in [-0.25, -0.2) is 9.97 Å². The number of hydrogen-bond acceptors (Lipinski definition) is 7. The molecule has 0 amide bonds. The fourth-order valence-electron chi connectivity index (χ4n) is 4.17. The number of thiocarbonyl (C=S) groups is 1. The summed E-state index contributed by atoms with van der Waals surface area (Å²) >= 11 is 5.53. The van der Waals surface area contributed by atoms with Crippen molar-refractivity contribution in [1.29, 1.82) is 0 Å². The molecular formula is C24H27N7S. The van der Waals surface area contributed by atoms with E-state index in [1.165, 1.54) is 5.56 Å². The van der Waals surface area contributed by atoms with E-state index in [1.807, 2.05) is 19.3 Å². The van der Waals surface area contributed by atoms with Crippen molar-refractivity contribution >= 4 is 40.2 Å². The maximum atomic E-state index is 5.53. The lowest BCUT2D eigenvalue weighted by Gasteiger charge is -2.34. The Morgan fingerprint density at radius 2 is 1.84 bits per heavy atom. The normalized spacial score (nSPS) is 16.1. The summed E-state index contributed by atoms with van der Waals surface area (Å²) < 4.78 is 0. The van der Waals surface area contributed by atoms with Gasteiger partial charge in [-0.15, -0.1) is 0 Å². The van der Waals surface area contributed by atoms with Crippen LogP contribution in [0.25, 0.3) is 11.3 Å². The maximum Gasteiger partial charge on any atom is 0.227 e. The minimum atomic E-state index is 0.559. The number of rotatable bonds is 3. The predicted molar refractivity (Wildman–Crippen MR) is 134 cm³/mol. The summed E-state index contributed by atoms with van der Waals surface area (Å²) in [4.78, 5) is 19.6. The Bertz CT molecular complexity index is 1180. The number of aryl methyl sites for hydroxylation is 2. The zero-order valence-corrected chi connectivity index (χ0v) is 19.5. The molecule has 1 saturated heterocycles. The zero-order chi connectivity index (χ0) is 22.2. The topological polar surface area (TPSA) is 69.2 Å². The SMILES string of the molecule is Cc1ccc2c(c1)NC(=S)Cc1cnc(Nc3cc(N4CCN(C)CC4)cnc3C)nc1-2. The second kappa shape index (κ2) is 8.44. The first-order chi connectivity index (χ1) is 15.5. The summed E-state index contributed by atoms with van der Waals surface area (Å²) in [5.74, 6) is 0.559. The fourth-order valence-corrected chi connectivity index (χ4v) is 4.44. The van der Waals surface area contributed by atoms with Gasteiger partial charge in [-0.3, -0.25) is 4.98 Å². The first kappa shape index (κ1) is 20.8. The maximum absolute atomic E-state index is 5.53. The van der Waals surface area contributed by atoms with Crippen molar-refractivity contribution in [3.8, 4) is 11.3 Å². The molecule has 164 valence electrons. The molecule has 0 atom stereocenters. The van der Waals surface area contributed by atoms with Crippen molar-refractivity contribution in [2.24, 2.45) is 0 Å². The molecule has 32 heavy (non-hydrogen) atoms. The van der Waals surface area contributed by atoms with Gasteiger partial charge in [-0.2, -0.15) is 0 Å². The van der Waals surface area contributed by atoms with Crippen LogP contribution in [0.15, 0.2) is 36.7 Å². The van der Waals surface area contributed by atoms with Gasteiger partial charge in [0.2, 0.25) is 5.95 Å². The lowest BCUT2D eigenvalue weighted by molar-refractivity contribution is 0.313. The van der Waals surface area contributed by atoms with Crippen LogP contribution in [0, 0.1) is 13.8 Å². The van der Waals surface area contributed by atoms with Crippen molar-refractivity contribution in [1.82, 2.24) is 19.9 Å². The highest BCUT2D eigenvalue weighted by Gasteiger charge is 2.20. The molecule has 2 aliphatic rings. The molecule has 3 aromatic rings. The number of hydrogen-bond donors (Lipinski definition) is 2. The van der Waals surface area contributed by atoms with Crippen molar-refractivity contribution in [3.05, 3.63) is 53.5 Å². The first-order valence-electron chi connectivity index (χ1n) is 10.9. The highest BCUT2D eigenvalue weighted by Crippen LogP contribution is 2.34. The summed E-state index contributed by atoms with van der Waals surface area (Å²) in [6.07, 6.45) is 4.45. The molecule has 0 saturated carbocycles. The van der Waals surface area contributed by atoms with Crippen LogP contribution in [-0.2, 0) is 6.42 Å². The van der Waals surface area contributed by atoms with E-state index in [9.17, 15) is 0 Å². The molecular weight excluding hydrogens is 418 g/mol. The first-order valence-corrected chi connectivity index (χ1v) is 11.3. The summed E-state index contributed by atoms with van der Waals surface area (Å²) in [5.41, 5.74) is 8.11. The largest absolute Gasteiger partial charge is 0.368 e. The van der Waals surface area contributed by atoms with Crippen LogP contribution in [0.2, 0.25) is 0 Å². The molecule has 5 rings (SSSR count). The van der Waals surface area contributed by atoms with Gasteiger partial charge in [0.1, 0.15) is 0 Å². The zero-order valence-electron chi connectivity index (χ0n) is 18.6. The van der Waals surface area contributed by atoms with Gasteiger partial charge in [0.05, 0.1) is 33.9 Å². The van der Waals surface area contributed by atoms with Crippen molar-refractivity contribution in [2.75, 3.05) is 48.8 Å². The van der Waals surface area contributed by atoms with E-state index in [-0.39, 0.29) is 0 Å². The van der Waals surface area contributed by atoms with E-state index in [1.54, 1.807) is 0 Å². The van der Waals surface area contributed by atoms with Crippen LogP contribution < -0.4 is 15.5 Å². The minimum absolute atomic E-state index is 0.559. The van der Waals surface area contributed by atoms with Crippen LogP contribution in [0.3, 0.4) is 0 Å². The molecule has 0 bridgehead atoms. The monoisotopic (exact) mass is 445 g/mol. The average Bonchev–Trinajstić information content (AvgIpc) is 2.90. The number of nitrogens with zero attached hydrogens (tertiary/aromatic N) is 5. The van der Waals surface area contributed by atoms with Gasteiger partial charge < -0.3 is 20.4 Å². The molecule has 0 radical (unpaired) electrons. The molecule has 4 heterocycles. The average molecular weight is 446 g/mol. The van der Waals surface area contributed by atoms with Crippen molar-refractivity contribution < 1.29 is 0 Å². The quantitative estimate of drug-likeness (QED) is 0.588. The van der Waals surface area contributed by atoms with Crippen molar-refractivity contribution in [2.45, 2.75) is 20.3 Å². The van der Waals surface area contributed by atoms with E-state index in [0.29, 0.717) is 12.4 Å². The van der Waals surface area contributed by atoms with E-state index in [4.69, 9.17) is 17.2 Å². The number of aromatic nitrogens is 3. The third-order valence-electron chi connectivity index (χ3n) is 6.11. The highest BCUT2D eigenvalue weighted by molar-refractivity contribution is 7.80. The van der Waals surface area contributed by atoms with Crippen LogP contribution in [0.5, 0.6) is 0 Å². The van der Waals surface area contributed by atoms with Crippen LogP contribution in [0.4, 0.5) is 23.0 Å². The van der Waals surface area contributed by atoms with Gasteiger partial charge in [0.25, 0.3) is 0 Å². The van der Waals surface area contributed by atoms with E-state index in [2.05, 4.69) is 68.6 Å². The summed E-state index contributed by atoms with van der Waals surface area (Å²) in [7, 11) is 2.16. The predicted octanol–water partition coefficient (Wildman–Crippen LogP) is 3.95. The number of likely N-dealkylation sites (N-methyl/N-ethyl adjacent to an activating group) is 1. The Kier molecular flexibility index (Phi) is 5.48. The lowest BCUT2D eigenvalue weighted by Crippen LogP contribution is -2.44. The third-order valence-corrected chi connectivity index (χ3v) is 6.35. The number of anilines is 4. The fraction of sp³-hybridized carbons (Fsp3) is 0.333. The lowest BCUT2D eigenvalue weighted by atomic mass is 10.0. The molecule has 2 N–H and O–H groups in total. The van der Waals surface area contributed by atoms with Crippen LogP contribution in [0.1, 0.15) is 16.8 Å². The summed E-state index contributed by atoms with van der Waals surface area (Å²) in [6, 6.07) is 8.46. The van der Waals surface area contributed by atoms with Gasteiger partial charge in [-0.1, -0.05) is 24.4 Å². The van der Waals surface area contributed by atoms with Gasteiger partial charge >= 0.3 is 0 Å². The number of piperazine rings is 1. The van der Waals surface area contributed by atoms with Crippen LogP contribution >= 0.6 is 12.2 Å². The highest BCUT2D eigenvalue weighted by atomic mass is 32.1. The molecule has 1 aromatic carbocycles. The molecule has 0 aliphatic carbocycles. The molecule has 7 nitrogen and oxygen atoms in total. The Morgan fingerprint density at radius 3 is 2.66 bits per heavy atom. The molecule has 2 aliphatic heterocycles. The molecule has 0 unspecified atom stereocenters. The number of benzene rings is 1. The number of pyridine rings is 1. The Labute approximate surface area is 193 Å². The van der Waals surface area contributed by atoms with Gasteiger partial charge in [-0.05, 0) is 38.6 Å². The van der Waals surface area contributed by atoms with E-state index < -0.39 is 0 Å². The van der Waals surface area contributed by atoms with Gasteiger partial charge in [0.15, 0.2) is 0 Å². The Hall–Kier alpha value is -3.10. The third kappa shape index (κ3) is 4.16. The minimum Gasteiger partial charge on any atom is -0.368 e. The Balaban J connectivity index is 1.47. The molecule has 0 spiro atoms. The summed E-state index contributed by atoms with van der Waals surface area (Å²) in [6.45, 7) is 8.18. The summed E-state index contributed by atoms with van der Waals surface area (Å²) in [5, 5.41) is 6.77. The van der Waals surface area contributed by atoms with Gasteiger partial charge in [0, 0.05) is 55.6 Å². The number of fused-ring (bicyclic) bond motifs is 3. The second-order valence-electron chi connectivity index (χ2n) is 8.58.